The maximum Gasteiger partial charge on any atom is 0.144 e. The Morgan fingerprint density at radius 1 is 0.840 bits per heavy atom. The van der Waals surface area contributed by atoms with Crippen LogP contribution in [0.4, 0.5) is 5.69 Å². The van der Waals surface area contributed by atoms with E-state index in [1.165, 1.54) is 22.3 Å². The molecule has 0 spiro atoms. The molecule has 1 aliphatic rings. The number of aryl methyl sites for hydroxylation is 1. The second kappa shape index (κ2) is 5.78. The molecule has 1 N–H and O–H groups in total. The van der Waals surface area contributed by atoms with Crippen molar-refractivity contribution < 1.29 is 0 Å². The molecule has 0 saturated carbocycles. The molecule has 4 aromatic rings. The van der Waals surface area contributed by atoms with E-state index in [0.717, 1.165) is 24.2 Å². The summed E-state index contributed by atoms with van der Waals surface area (Å²) in [6.07, 6.45) is 2.26. The zero-order valence-corrected chi connectivity index (χ0v) is 13.9. The Morgan fingerprint density at radius 2 is 1.60 bits per heavy atom. The highest BCUT2D eigenvalue weighted by Gasteiger charge is 2.26. The van der Waals surface area contributed by atoms with Crippen molar-refractivity contribution in [1.29, 1.82) is 0 Å². The lowest BCUT2D eigenvalue weighted by Crippen LogP contribution is -2.24. The van der Waals surface area contributed by atoms with Gasteiger partial charge in [0.25, 0.3) is 0 Å². The first kappa shape index (κ1) is 14.3. The second-order valence-corrected chi connectivity index (χ2v) is 6.52. The lowest BCUT2D eigenvalue weighted by molar-refractivity contribution is 0.530. The van der Waals surface area contributed by atoms with Gasteiger partial charge in [0.2, 0.25) is 0 Å². The first-order valence-corrected chi connectivity index (χ1v) is 8.77. The van der Waals surface area contributed by atoms with E-state index >= 15 is 0 Å². The minimum atomic E-state index is 0.206. The summed E-state index contributed by atoms with van der Waals surface area (Å²) in [7, 11) is 0. The molecule has 0 aliphatic carbocycles. The number of fused-ring (bicyclic) bond motifs is 5. The van der Waals surface area contributed by atoms with Crippen molar-refractivity contribution >= 4 is 16.7 Å². The van der Waals surface area contributed by atoms with E-state index in [-0.39, 0.29) is 6.17 Å². The van der Waals surface area contributed by atoms with Crippen LogP contribution >= 0.6 is 0 Å². The number of imidazole rings is 1. The summed E-state index contributed by atoms with van der Waals surface area (Å²) >= 11 is 0. The fourth-order valence-electron chi connectivity index (χ4n) is 3.75. The Labute approximate surface area is 147 Å². The number of hydrogen-bond acceptors (Lipinski definition) is 2. The lowest BCUT2D eigenvalue weighted by atomic mass is 10.0. The van der Waals surface area contributed by atoms with Crippen molar-refractivity contribution in [2.75, 3.05) is 5.32 Å². The molecule has 3 nitrogen and oxygen atoms in total. The summed E-state index contributed by atoms with van der Waals surface area (Å²) in [5.41, 5.74) is 5.96. The monoisotopic (exact) mass is 325 g/mol. The molecule has 1 atom stereocenters. The summed E-state index contributed by atoms with van der Waals surface area (Å²) < 4.78 is 2.36. The Bertz CT molecular complexity index is 1030. The SMILES string of the molecule is c1ccc(CCC2Nc3ccccc3-c3nc4ccccc4n32)cc1. The maximum atomic E-state index is 4.92. The van der Waals surface area contributed by atoms with Crippen molar-refractivity contribution in [3.63, 3.8) is 0 Å². The predicted molar refractivity (Wildman–Crippen MR) is 103 cm³/mol. The molecule has 122 valence electrons. The number of nitrogens with zero attached hydrogens (tertiary/aromatic N) is 2. The van der Waals surface area contributed by atoms with Gasteiger partial charge in [0, 0.05) is 11.3 Å². The van der Waals surface area contributed by atoms with Crippen molar-refractivity contribution in [2.24, 2.45) is 0 Å². The Morgan fingerprint density at radius 3 is 2.52 bits per heavy atom. The van der Waals surface area contributed by atoms with Gasteiger partial charge in [-0.25, -0.2) is 4.98 Å². The zero-order valence-electron chi connectivity index (χ0n) is 13.9. The Balaban J connectivity index is 1.60. The van der Waals surface area contributed by atoms with Crippen LogP contribution in [0.25, 0.3) is 22.4 Å². The predicted octanol–water partition coefficient (Wildman–Crippen LogP) is 5.26. The molecule has 1 aromatic heterocycles. The smallest absolute Gasteiger partial charge is 0.144 e. The molecule has 3 heteroatoms. The summed E-state index contributed by atoms with van der Waals surface area (Å²) in [5.74, 6) is 1.06. The van der Waals surface area contributed by atoms with Gasteiger partial charge in [-0.3, -0.25) is 0 Å². The molecule has 1 unspecified atom stereocenters. The third kappa shape index (κ3) is 2.40. The largest absolute Gasteiger partial charge is 0.364 e. The highest BCUT2D eigenvalue weighted by Crippen LogP contribution is 2.39. The molecule has 0 fully saturated rings. The lowest BCUT2D eigenvalue weighted by Gasteiger charge is -2.30. The third-order valence-corrected chi connectivity index (χ3v) is 4.95. The number of benzene rings is 3. The van der Waals surface area contributed by atoms with Gasteiger partial charge in [-0.15, -0.1) is 0 Å². The second-order valence-electron chi connectivity index (χ2n) is 6.52. The fourth-order valence-corrected chi connectivity index (χ4v) is 3.75. The topological polar surface area (TPSA) is 29.9 Å². The van der Waals surface area contributed by atoms with E-state index in [2.05, 4.69) is 88.7 Å². The van der Waals surface area contributed by atoms with Crippen LogP contribution in [0.15, 0.2) is 78.9 Å². The summed E-state index contributed by atoms with van der Waals surface area (Å²) in [6, 6.07) is 27.5. The molecular weight excluding hydrogens is 306 g/mol. The first-order valence-electron chi connectivity index (χ1n) is 8.77. The van der Waals surface area contributed by atoms with Gasteiger partial charge in [0.05, 0.1) is 11.0 Å². The van der Waals surface area contributed by atoms with Crippen LogP contribution in [0.3, 0.4) is 0 Å². The molecule has 0 bridgehead atoms. The van der Waals surface area contributed by atoms with Crippen molar-refractivity contribution in [3.8, 4) is 11.4 Å². The molecule has 0 radical (unpaired) electrons. The molecule has 1 aliphatic heterocycles. The van der Waals surface area contributed by atoms with Crippen molar-refractivity contribution in [3.05, 3.63) is 84.4 Å². The van der Waals surface area contributed by atoms with E-state index in [4.69, 9.17) is 4.98 Å². The number of anilines is 1. The zero-order chi connectivity index (χ0) is 16.6. The summed E-state index contributed by atoms with van der Waals surface area (Å²) in [6.45, 7) is 0. The minimum absolute atomic E-state index is 0.206. The number of rotatable bonds is 3. The summed E-state index contributed by atoms with van der Waals surface area (Å²) in [4.78, 5) is 4.92. The van der Waals surface area contributed by atoms with Gasteiger partial charge in [0.15, 0.2) is 0 Å². The number of nitrogens with one attached hydrogen (secondary N) is 1. The van der Waals surface area contributed by atoms with Crippen molar-refractivity contribution in [2.45, 2.75) is 19.0 Å². The van der Waals surface area contributed by atoms with E-state index in [9.17, 15) is 0 Å². The van der Waals surface area contributed by atoms with Crippen LogP contribution in [0.1, 0.15) is 18.2 Å². The number of aromatic nitrogens is 2. The van der Waals surface area contributed by atoms with Gasteiger partial charge in [-0.2, -0.15) is 0 Å². The average Bonchev–Trinajstić information content (AvgIpc) is 3.07. The van der Waals surface area contributed by atoms with Gasteiger partial charge in [0.1, 0.15) is 12.0 Å². The Kier molecular flexibility index (Phi) is 3.30. The van der Waals surface area contributed by atoms with Gasteiger partial charge < -0.3 is 9.88 Å². The van der Waals surface area contributed by atoms with Gasteiger partial charge in [-0.05, 0) is 42.7 Å². The summed E-state index contributed by atoms with van der Waals surface area (Å²) in [5, 5.41) is 3.72. The van der Waals surface area contributed by atoms with Crippen LogP contribution in [-0.4, -0.2) is 9.55 Å². The van der Waals surface area contributed by atoms with E-state index in [1.807, 2.05) is 0 Å². The quantitative estimate of drug-likeness (QED) is 0.557. The van der Waals surface area contributed by atoms with Crippen LogP contribution in [0.2, 0.25) is 0 Å². The normalized spacial score (nSPS) is 15.4. The standard InChI is InChI=1S/C22H19N3/c1-2-8-16(9-3-1)14-15-21-23-18-11-5-4-10-17(18)22-24-19-12-6-7-13-20(19)25(21)22/h1-13,21,23H,14-15H2. The van der Waals surface area contributed by atoms with Crippen LogP contribution < -0.4 is 5.32 Å². The fraction of sp³-hybridized carbons (Fsp3) is 0.136. The van der Waals surface area contributed by atoms with Crippen LogP contribution in [0, 0.1) is 0 Å². The van der Waals surface area contributed by atoms with Gasteiger partial charge >= 0.3 is 0 Å². The highest BCUT2D eigenvalue weighted by molar-refractivity contribution is 5.86. The molecule has 5 rings (SSSR count). The van der Waals surface area contributed by atoms with Crippen LogP contribution in [0.5, 0.6) is 0 Å². The van der Waals surface area contributed by atoms with E-state index < -0.39 is 0 Å². The number of hydrogen-bond donors (Lipinski definition) is 1. The average molecular weight is 325 g/mol. The number of para-hydroxylation sites is 3. The molecule has 0 saturated heterocycles. The minimum Gasteiger partial charge on any atom is -0.364 e. The third-order valence-electron chi connectivity index (χ3n) is 4.95. The van der Waals surface area contributed by atoms with Crippen LogP contribution in [-0.2, 0) is 6.42 Å². The van der Waals surface area contributed by atoms with E-state index in [1.54, 1.807) is 0 Å². The van der Waals surface area contributed by atoms with Crippen molar-refractivity contribution in [1.82, 2.24) is 9.55 Å². The maximum absolute atomic E-state index is 4.92. The highest BCUT2D eigenvalue weighted by atomic mass is 15.2. The molecule has 2 heterocycles. The molecular formula is C22H19N3. The first-order chi connectivity index (χ1) is 12.4. The van der Waals surface area contributed by atoms with Gasteiger partial charge in [-0.1, -0.05) is 54.6 Å². The van der Waals surface area contributed by atoms with E-state index in [0.29, 0.717) is 0 Å². The Hall–Kier alpha value is -3.07. The molecule has 3 aromatic carbocycles. The molecule has 0 amide bonds. The molecule has 25 heavy (non-hydrogen) atoms.